The Labute approximate surface area is 61.2 Å². The molecule has 2 N–H and O–H groups in total. The second-order valence-electron chi connectivity index (χ2n) is 2.69. The molecule has 0 amide bonds. The largest absolute Gasteiger partial charge is 0.315 e. The number of hydrogen-bond acceptors (Lipinski definition) is 2. The summed E-state index contributed by atoms with van der Waals surface area (Å²) in [5, 5.41) is 6.39. The van der Waals surface area contributed by atoms with E-state index in [1.54, 1.807) is 0 Å². The van der Waals surface area contributed by atoms with Crippen molar-refractivity contribution in [3.8, 4) is 0 Å². The number of halogens is 1. The molecule has 0 aromatic carbocycles. The van der Waals surface area contributed by atoms with Gasteiger partial charge in [-0.15, -0.1) is 0 Å². The Morgan fingerprint density at radius 1 is 1.60 bits per heavy atom. The van der Waals surface area contributed by atoms with Gasteiger partial charge in [0.2, 0.25) is 0 Å². The molecule has 0 spiro atoms. The summed E-state index contributed by atoms with van der Waals surface area (Å²) in [6.07, 6.45) is 2.40. The average Bonchev–Trinajstić information content (AvgIpc) is 2.03. The van der Waals surface area contributed by atoms with Crippen LogP contribution in [0.4, 0.5) is 4.39 Å². The number of alkyl halides is 1. The number of rotatable bonds is 3. The van der Waals surface area contributed by atoms with Gasteiger partial charge in [-0.1, -0.05) is 0 Å². The van der Waals surface area contributed by atoms with E-state index in [-0.39, 0.29) is 6.67 Å². The molecule has 3 heteroatoms. The molecule has 0 aromatic heterocycles. The quantitative estimate of drug-likeness (QED) is 0.598. The van der Waals surface area contributed by atoms with Crippen molar-refractivity contribution >= 4 is 0 Å². The molecule has 1 unspecified atom stereocenters. The molecule has 1 fully saturated rings. The second-order valence-corrected chi connectivity index (χ2v) is 2.69. The predicted molar refractivity (Wildman–Crippen MR) is 39.9 cm³/mol. The van der Waals surface area contributed by atoms with Crippen LogP contribution in [-0.4, -0.2) is 32.4 Å². The Balaban J connectivity index is 2.02. The Hall–Kier alpha value is -0.150. The predicted octanol–water partition coefficient (Wildman–Crippen LogP) is 0.297. The topological polar surface area (TPSA) is 24.1 Å². The SMILES string of the molecule is FCCNC1CCCNC1. The van der Waals surface area contributed by atoms with Gasteiger partial charge in [-0.05, 0) is 19.4 Å². The average molecular weight is 146 g/mol. The van der Waals surface area contributed by atoms with Crippen molar-refractivity contribution < 1.29 is 4.39 Å². The van der Waals surface area contributed by atoms with Crippen molar-refractivity contribution in [2.24, 2.45) is 0 Å². The van der Waals surface area contributed by atoms with E-state index in [2.05, 4.69) is 10.6 Å². The van der Waals surface area contributed by atoms with Gasteiger partial charge >= 0.3 is 0 Å². The first-order chi connectivity index (χ1) is 4.93. The zero-order valence-corrected chi connectivity index (χ0v) is 6.20. The van der Waals surface area contributed by atoms with Crippen LogP contribution in [0.2, 0.25) is 0 Å². The third kappa shape index (κ3) is 2.62. The molecule has 0 aromatic rings. The van der Waals surface area contributed by atoms with Gasteiger partial charge in [-0.3, -0.25) is 0 Å². The monoisotopic (exact) mass is 146 g/mol. The van der Waals surface area contributed by atoms with Crippen LogP contribution in [0, 0.1) is 0 Å². The number of piperidine rings is 1. The molecular weight excluding hydrogens is 131 g/mol. The summed E-state index contributed by atoms with van der Waals surface area (Å²) < 4.78 is 11.7. The first-order valence-corrected chi connectivity index (χ1v) is 3.93. The Kier molecular flexibility index (Phi) is 3.68. The molecule has 0 aliphatic carbocycles. The second kappa shape index (κ2) is 4.63. The minimum Gasteiger partial charge on any atom is -0.315 e. The van der Waals surface area contributed by atoms with E-state index in [1.807, 2.05) is 0 Å². The lowest BCUT2D eigenvalue weighted by Crippen LogP contribution is -2.43. The van der Waals surface area contributed by atoms with Gasteiger partial charge in [0.25, 0.3) is 0 Å². The van der Waals surface area contributed by atoms with Crippen LogP contribution in [0.5, 0.6) is 0 Å². The summed E-state index contributed by atoms with van der Waals surface area (Å²) in [5.41, 5.74) is 0. The molecule has 1 aliphatic rings. The fourth-order valence-electron chi connectivity index (χ4n) is 1.28. The van der Waals surface area contributed by atoms with Crippen molar-refractivity contribution in [3.63, 3.8) is 0 Å². The summed E-state index contributed by atoms with van der Waals surface area (Å²) >= 11 is 0. The van der Waals surface area contributed by atoms with Crippen molar-refractivity contribution in [2.75, 3.05) is 26.3 Å². The highest BCUT2D eigenvalue weighted by atomic mass is 19.1. The number of hydrogen-bond donors (Lipinski definition) is 2. The van der Waals surface area contributed by atoms with E-state index < -0.39 is 0 Å². The van der Waals surface area contributed by atoms with Gasteiger partial charge < -0.3 is 10.6 Å². The molecule has 1 atom stereocenters. The molecule has 0 radical (unpaired) electrons. The molecule has 1 heterocycles. The molecule has 1 aliphatic heterocycles. The van der Waals surface area contributed by atoms with Gasteiger partial charge in [0.05, 0.1) is 0 Å². The summed E-state index contributed by atoms with van der Waals surface area (Å²) in [5.74, 6) is 0. The van der Waals surface area contributed by atoms with Crippen LogP contribution in [0.3, 0.4) is 0 Å². The van der Waals surface area contributed by atoms with E-state index in [1.165, 1.54) is 12.8 Å². The maximum atomic E-state index is 11.7. The minimum atomic E-state index is -0.253. The minimum absolute atomic E-state index is 0.253. The van der Waals surface area contributed by atoms with Crippen LogP contribution in [0.1, 0.15) is 12.8 Å². The third-order valence-corrected chi connectivity index (χ3v) is 1.82. The highest BCUT2D eigenvalue weighted by Gasteiger charge is 2.10. The first kappa shape index (κ1) is 7.95. The van der Waals surface area contributed by atoms with E-state index in [0.717, 1.165) is 13.1 Å². The summed E-state index contributed by atoms with van der Waals surface area (Å²) in [6, 6.07) is 0.504. The van der Waals surface area contributed by atoms with Gasteiger partial charge in [0, 0.05) is 19.1 Å². The summed E-state index contributed by atoms with van der Waals surface area (Å²) in [6.45, 7) is 2.37. The van der Waals surface area contributed by atoms with Crippen molar-refractivity contribution in [3.05, 3.63) is 0 Å². The Morgan fingerprint density at radius 2 is 2.50 bits per heavy atom. The molecule has 2 nitrogen and oxygen atoms in total. The van der Waals surface area contributed by atoms with Crippen molar-refractivity contribution in [1.82, 2.24) is 10.6 Å². The molecule has 0 bridgehead atoms. The lowest BCUT2D eigenvalue weighted by molar-refractivity contribution is 0.367. The van der Waals surface area contributed by atoms with Gasteiger partial charge in [-0.2, -0.15) is 0 Å². The molecule has 1 rings (SSSR count). The van der Waals surface area contributed by atoms with Crippen LogP contribution in [0.15, 0.2) is 0 Å². The summed E-state index contributed by atoms with van der Waals surface area (Å²) in [7, 11) is 0. The van der Waals surface area contributed by atoms with E-state index in [4.69, 9.17) is 0 Å². The van der Waals surface area contributed by atoms with Gasteiger partial charge in [0.15, 0.2) is 0 Å². The fraction of sp³-hybridized carbons (Fsp3) is 1.00. The normalized spacial score (nSPS) is 26.7. The standard InChI is InChI=1S/C7H15FN2/c8-3-5-10-7-2-1-4-9-6-7/h7,9-10H,1-6H2. The smallest absolute Gasteiger partial charge is 0.102 e. The maximum absolute atomic E-state index is 11.7. The van der Waals surface area contributed by atoms with Crippen LogP contribution in [0.25, 0.3) is 0 Å². The lowest BCUT2D eigenvalue weighted by Gasteiger charge is -2.23. The Bertz CT molecular complexity index is 81.7. The zero-order valence-electron chi connectivity index (χ0n) is 6.20. The highest BCUT2D eigenvalue weighted by molar-refractivity contribution is 4.74. The van der Waals surface area contributed by atoms with Crippen LogP contribution < -0.4 is 10.6 Å². The molecule has 60 valence electrons. The first-order valence-electron chi connectivity index (χ1n) is 3.93. The van der Waals surface area contributed by atoms with Crippen molar-refractivity contribution in [1.29, 1.82) is 0 Å². The highest BCUT2D eigenvalue weighted by Crippen LogP contribution is 1.99. The van der Waals surface area contributed by atoms with Crippen molar-refractivity contribution in [2.45, 2.75) is 18.9 Å². The van der Waals surface area contributed by atoms with E-state index in [9.17, 15) is 4.39 Å². The van der Waals surface area contributed by atoms with Crippen LogP contribution in [-0.2, 0) is 0 Å². The molecule has 10 heavy (non-hydrogen) atoms. The fourth-order valence-corrected chi connectivity index (χ4v) is 1.28. The zero-order chi connectivity index (χ0) is 7.23. The molecule has 0 saturated carbocycles. The van der Waals surface area contributed by atoms with E-state index in [0.29, 0.717) is 12.6 Å². The lowest BCUT2D eigenvalue weighted by atomic mass is 10.1. The van der Waals surface area contributed by atoms with Crippen LogP contribution >= 0.6 is 0 Å². The third-order valence-electron chi connectivity index (χ3n) is 1.82. The van der Waals surface area contributed by atoms with Gasteiger partial charge in [0.1, 0.15) is 6.67 Å². The number of nitrogens with one attached hydrogen (secondary N) is 2. The molecular formula is C7H15FN2. The molecule has 1 saturated heterocycles. The summed E-state index contributed by atoms with van der Waals surface area (Å²) in [4.78, 5) is 0. The van der Waals surface area contributed by atoms with Gasteiger partial charge in [-0.25, -0.2) is 4.39 Å². The van der Waals surface area contributed by atoms with E-state index >= 15 is 0 Å². The maximum Gasteiger partial charge on any atom is 0.102 e. The Morgan fingerprint density at radius 3 is 3.10 bits per heavy atom.